The summed E-state index contributed by atoms with van der Waals surface area (Å²) in [5.74, 6) is 0.716. The second-order valence-corrected chi connectivity index (χ2v) is 8.21. The third-order valence-electron chi connectivity index (χ3n) is 4.07. The van der Waals surface area contributed by atoms with Crippen molar-refractivity contribution in [3.63, 3.8) is 0 Å². The van der Waals surface area contributed by atoms with E-state index < -0.39 is 5.97 Å². The summed E-state index contributed by atoms with van der Waals surface area (Å²) >= 11 is 2.83. The minimum Gasteiger partial charge on any atom is -0.504 e. The number of thioether (sulfide) groups is 1. The number of aromatic amines is 1. The molecule has 3 N–H and O–H groups in total. The number of phenols is 1. The van der Waals surface area contributed by atoms with Gasteiger partial charge in [0.15, 0.2) is 17.3 Å². The molecule has 0 saturated carbocycles. The van der Waals surface area contributed by atoms with E-state index in [2.05, 4.69) is 15.2 Å². The molecule has 0 fully saturated rings. The molecule has 0 aliphatic carbocycles. The van der Waals surface area contributed by atoms with Gasteiger partial charge in [-0.25, -0.2) is 9.78 Å². The van der Waals surface area contributed by atoms with E-state index in [1.807, 2.05) is 22.6 Å². The van der Waals surface area contributed by atoms with E-state index in [-0.39, 0.29) is 21.6 Å². The van der Waals surface area contributed by atoms with Crippen LogP contribution in [0.25, 0.3) is 17.5 Å². The fourth-order valence-corrected chi connectivity index (χ4v) is 3.92. The molecule has 162 valence electrons. The lowest BCUT2D eigenvalue weighted by Gasteiger charge is -2.07. The molecular formula is C20H18IN3O6S. The number of rotatable bonds is 8. The van der Waals surface area contributed by atoms with Gasteiger partial charge in [0.1, 0.15) is 16.4 Å². The maximum absolute atomic E-state index is 11.8. The summed E-state index contributed by atoms with van der Waals surface area (Å²) in [5.41, 5.74) is 1.23. The van der Waals surface area contributed by atoms with Crippen LogP contribution < -0.4 is 14.2 Å². The van der Waals surface area contributed by atoms with Crippen LogP contribution in [0, 0.1) is 3.57 Å². The Balaban J connectivity index is 1.91. The van der Waals surface area contributed by atoms with Crippen molar-refractivity contribution in [3.05, 3.63) is 44.4 Å². The van der Waals surface area contributed by atoms with Crippen molar-refractivity contribution in [2.75, 3.05) is 21.3 Å². The maximum atomic E-state index is 11.8. The van der Waals surface area contributed by atoms with E-state index in [9.17, 15) is 15.0 Å². The van der Waals surface area contributed by atoms with Crippen LogP contribution in [0.15, 0.2) is 40.4 Å². The lowest BCUT2D eigenvalue weighted by atomic mass is 10.2. The van der Waals surface area contributed by atoms with Crippen molar-refractivity contribution in [3.8, 4) is 34.4 Å². The van der Waals surface area contributed by atoms with Gasteiger partial charge in [0.2, 0.25) is 5.16 Å². The van der Waals surface area contributed by atoms with Gasteiger partial charge in [-0.3, -0.25) is 5.10 Å². The van der Waals surface area contributed by atoms with Crippen LogP contribution in [0.1, 0.15) is 5.56 Å². The summed E-state index contributed by atoms with van der Waals surface area (Å²) in [6, 6.07) is 8.45. The average Bonchev–Trinajstić information content (AvgIpc) is 3.23. The predicted molar refractivity (Wildman–Crippen MR) is 124 cm³/mol. The number of phenolic OH excluding ortho intramolecular Hbond substituents is 1. The zero-order chi connectivity index (χ0) is 22.5. The van der Waals surface area contributed by atoms with E-state index in [1.165, 1.54) is 13.2 Å². The number of carboxylic acid groups (broad SMARTS) is 1. The molecule has 0 unspecified atom stereocenters. The van der Waals surface area contributed by atoms with Crippen LogP contribution in [0.4, 0.5) is 0 Å². The second kappa shape index (κ2) is 9.92. The highest BCUT2D eigenvalue weighted by Crippen LogP contribution is 2.35. The van der Waals surface area contributed by atoms with E-state index >= 15 is 0 Å². The van der Waals surface area contributed by atoms with Crippen molar-refractivity contribution < 1.29 is 29.2 Å². The molecule has 3 aromatic rings. The molecule has 31 heavy (non-hydrogen) atoms. The molecule has 0 amide bonds. The van der Waals surface area contributed by atoms with E-state index in [4.69, 9.17) is 14.2 Å². The highest BCUT2D eigenvalue weighted by Gasteiger charge is 2.16. The first kappa shape index (κ1) is 22.7. The number of hydrogen-bond acceptors (Lipinski definition) is 8. The standard InChI is InChI=1S/C20H18IN3O6S/c1-28-12-7-11(8-13(9-12)29-2)18-22-20(24-23-18)31-16(19(26)27)6-10-4-14(21)17(25)15(5-10)30-3/h4-9,25H,1-3H3,(H,26,27)(H,22,23,24)/b16-6-. The van der Waals surface area contributed by atoms with E-state index in [1.54, 1.807) is 44.6 Å². The zero-order valence-electron chi connectivity index (χ0n) is 16.7. The Kier molecular flexibility index (Phi) is 7.28. The first-order valence-electron chi connectivity index (χ1n) is 8.69. The topological polar surface area (TPSA) is 127 Å². The molecule has 0 radical (unpaired) electrons. The number of ether oxygens (including phenoxy) is 3. The zero-order valence-corrected chi connectivity index (χ0v) is 19.6. The lowest BCUT2D eigenvalue weighted by molar-refractivity contribution is -0.131. The van der Waals surface area contributed by atoms with Gasteiger partial charge in [-0.15, -0.1) is 5.10 Å². The molecule has 0 atom stereocenters. The number of carboxylic acids is 1. The Morgan fingerprint density at radius 2 is 1.77 bits per heavy atom. The van der Waals surface area contributed by atoms with E-state index in [0.29, 0.717) is 32.0 Å². The van der Waals surface area contributed by atoms with Gasteiger partial charge in [-0.1, -0.05) is 0 Å². The normalized spacial score (nSPS) is 11.3. The average molecular weight is 555 g/mol. The molecule has 0 aliphatic rings. The largest absolute Gasteiger partial charge is 0.504 e. The molecule has 0 spiro atoms. The Bertz CT molecular complexity index is 1130. The molecule has 9 nitrogen and oxygen atoms in total. The van der Waals surface area contributed by atoms with Crippen molar-refractivity contribution in [1.82, 2.24) is 15.2 Å². The Labute approximate surface area is 195 Å². The van der Waals surface area contributed by atoms with Gasteiger partial charge in [-0.05, 0) is 70.3 Å². The van der Waals surface area contributed by atoms with Crippen LogP contribution in [0.3, 0.4) is 0 Å². The number of aromatic nitrogens is 3. The fraction of sp³-hybridized carbons (Fsp3) is 0.150. The van der Waals surface area contributed by atoms with E-state index in [0.717, 1.165) is 11.8 Å². The number of nitrogens with zero attached hydrogens (tertiary/aromatic N) is 2. The molecule has 11 heteroatoms. The quantitative estimate of drug-likeness (QED) is 0.215. The predicted octanol–water partition coefficient (Wildman–Crippen LogP) is 4.03. The molecule has 0 saturated heterocycles. The Hall–Kier alpha value is -2.93. The summed E-state index contributed by atoms with van der Waals surface area (Å²) in [6.07, 6.45) is 1.46. The lowest BCUT2D eigenvalue weighted by Crippen LogP contribution is -1.97. The second-order valence-electron chi connectivity index (χ2n) is 6.04. The summed E-state index contributed by atoms with van der Waals surface area (Å²) in [6.45, 7) is 0. The van der Waals surface area contributed by atoms with Gasteiger partial charge in [0, 0.05) is 11.6 Å². The number of nitrogens with one attached hydrogen (secondary N) is 1. The number of halogens is 1. The number of H-pyrrole nitrogens is 1. The van der Waals surface area contributed by atoms with Crippen LogP contribution in [0.5, 0.6) is 23.0 Å². The minimum atomic E-state index is -1.14. The monoisotopic (exact) mass is 555 g/mol. The summed E-state index contributed by atoms with van der Waals surface area (Å²) < 4.78 is 16.2. The molecule has 2 aromatic carbocycles. The van der Waals surface area contributed by atoms with Crippen LogP contribution in [-0.2, 0) is 4.79 Å². The van der Waals surface area contributed by atoms with Crippen molar-refractivity contribution in [1.29, 1.82) is 0 Å². The minimum absolute atomic E-state index is 0.00249. The molecule has 1 aromatic heterocycles. The number of methoxy groups -OCH3 is 3. The third-order valence-corrected chi connectivity index (χ3v) is 5.77. The Morgan fingerprint density at radius 3 is 2.35 bits per heavy atom. The van der Waals surface area contributed by atoms with Crippen molar-refractivity contribution in [2.45, 2.75) is 5.16 Å². The number of aromatic hydroxyl groups is 1. The van der Waals surface area contributed by atoms with Gasteiger partial charge in [0.05, 0.1) is 24.9 Å². The van der Waals surface area contributed by atoms with Crippen LogP contribution in [0.2, 0.25) is 0 Å². The highest BCUT2D eigenvalue weighted by atomic mass is 127. The summed E-state index contributed by atoms with van der Waals surface area (Å²) in [5, 5.41) is 26.7. The van der Waals surface area contributed by atoms with Crippen molar-refractivity contribution >= 4 is 46.4 Å². The third kappa shape index (κ3) is 5.41. The van der Waals surface area contributed by atoms with Crippen LogP contribution >= 0.6 is 34.4 Å². The highest BCUT2D eigenvalue weighted by molar-refractivity contribution is 14.1. The smallest absolute Gasteiger partial charge is 0.342 e. The molecule has 0 bridgehead atoms. The molecule has 0 aliphatic heterocycles. The van der Waals surface area contributed by atoms with Gasteiger partial charge >= 0.3 is 5.97 Å². The van der Waals surface area contributed by atoms with Crippen molar-refractivity contribution in [2.24, 2.45) is 0 Å². The Morgan fingerprint density at radius 1 is 1.10 bits per heavy atom. The number of aliphatic carboxylic acids is 1. The first-order chi connectivity index (χ1) is 14.8. The van der Waals surface area contributed by atoms with Gasteiger partial charge in [-0.2, -0.15) is 0 Å². The van der Waals surface area contributed by atoms with Gasteiger partial charge in [0.25, 0.3) is 0 Å². The maximum Gasteiger partial charge on any atom is 0.342 e. The number of hydrogen-bond donors (Lipinski definition) is 3. The SMILES string of the molecule is COc1cc(OC)cc(-c2nc(S/C(=C\c3cc(I)c(O)c(OC)c3)C(=O)O)n[nH]2)c1. The molecule has 1 heterocycles. The summed E-state index contributed by atoms with van der Waals surface area (Å²) in [4.78, 5) is 16.2. The first-order valence-corrected chi connectivity index (χ1v) is 10.6. The fourth-order valence-electron chi connectivity index (χ4n) is 2.58. The number of benzene rings is 2. The summed E-state index contributed by atoms with van der Waals surface area (Å²) in [7, 11) is 4.52. The number of carbonyl (C=O) groups is 1. The molecular weight excluding hydrogens is 537 g/mol. The van der Waals surface area contributed by atoms with Gasteiger partial charge < -0.3 is 24.4 Å². The molecule has 3 rings (SSSR count). The van der Waals surface area contributed by atoms with Crippen LogP contribution in [-0.4, -0.2) is 52.7 Å².